The highest BCUT2D eigenvalue weighted by Gasteiger charge is 2.04. The van der Waals surface area contributed by atoms with Crippen molar-refractivity contribution in [3.05, 3.63) is 41.5 Å². The fourth-order valence-corrected chi connectivity index (χ4v) is 1.55. The number of methoxy groups -OCH3 is 1. The highest BCUT2D eigenvalue weighted by Crippen LogP contribution is 2.28. The maximum atomic E-state index is 10.7. The molecule has 0 aromatic heterocycles. The monoisotopic (exact) mass is 290 g/mol. The summed E-state index contributed by atoms with van der Waals surface area (Å²) < 4.78 is 15.8. The van der Waals surface area contributed by atoms with Gasteiger partial charge in [-0.1, -0.05) is 17.7 Å². The van der Waals surface area contributed by atoms with Gasteiger partial charge < -0.3 is 14.2 Å². The molecule has 0 atom stereocenters. The minimum absolute atomic E-state index is 0.260. The summed E-state index contributed by atoms with van der Waals surface area (Å²) in [5.41, 5.74) is 2.16. The normalized spacial score (nSPS) is 10.3. The van der Waals surface area contributed by atoms with Crippen LogP contribution in [0.15, 0.2) is 35.9 Å². The zero-order chi connectivity index (χ0) is 15.7. The van der Waals surface area contributed by atoms with Crippen molar-refractivity contribution in [3.8, 4) is 11.5 Å². The average molecular weight is 290 g/mol. The molecule has 0 bridgehead atoms. The number of esters is 1. The van der Waals surface area contributed by atoms with Crippen molar-refractivity contribution >= 4 is 12.0 Å². The van der Waals surface area contributed by atoms with Crippen LogP contribution in [-0.2, 0) is 9.53 Å². The number of allylic oxidation sites excluding steroid dienone is 1. The van der Waals surface area contributed by atoms with Crippen LogP contribution in [0.3, 0.4) is 0 Å². The first-order chi connectivity index (χ1) is 10.0. The molecule has 114 valence electrons. The van der Waals surface area contributed by atoms with Gasteiger partial charge in [-0.15, -0.1) is 0 Å². The zero-order valence-electron chi connectivity index (χ0n) is 13.0. The van der Waals surface area contributed by atoms with E-state index >= 15 is 0 Å². The van der Waals surface area contributed by atoms with Crippen molar-refractivity contribution in [2.24, 2.45) is 0 Å². The van der Waals surface area contributed by atoms with Crippen molar-refractivity contribution in [1.29, 1.82) is 0 Å². The van der Waals surface area contributed by atoms with Gasteiger partial charge in [-0.2, -0.15) is 0 Å². The molecule has 1 aromatic rings. The van der Waals surface area contributed by atoms with Crippen molar-refractivity contribution in [2.75, 3.05) is 20.3 Å². The molecule has 1 aromatic carbocycles. The van der Waals surface area contributed by atoms with E-state index in [4.69, 9.17) is 14.2 Å². The number of hydrogen-bond donors (Lipinski definition) is 0. The molecule has 4 nitrogen and oxygen atoms in total. The van der Waals surface area contributed by atoms with E-state index in [1.807, 2.05) is 44.2 Å². The lowest BCUT2D eigenvalue weighted by molar-refractivity contribution is -0.139. The van der Waals surface area contributed by atoms with E-state index in [1.165, 1.54) is 12.5 Å². The molecule has 0 N–H and O–H groups in total. The van der Waals surface area contributed by atoms with E-state index in [2.05, 4.69) is 0 Å². The molecule has 0 aliphatic heterocycles. The molecule has 4 heteroatoms. The summed E-state index contributed by atoms with van der Waals surface area (Å²) in [5.74, 6) is 1.08. The number of ether oxygens (including phenoxy) is 3. The molecule has 0 unspecified atom stereocenters. The van der Waals surface area contributed by atoms with E-state index in [0.29, 0.717) is 18.1 Å². The fraction of sp³-hybridized carbons (Fsp3) is 0.353. The van der Waals surface area contributed by atoms with Crippen LogP contribution in [0.25, 0.3) is 6.08 Å². The van der Waals surface area contributed by atoms with E-state index in [1.54, 1.807) is 13.2 Å². The molecule has 0 heterocycles. The molecule has 0 saturated carbocycles. The summed E-state index contributed by atoms with van der Waals surface area (Å²) in [6, 6.07) is 5.66. The molecule has 0 saturated heterocycles. The molecule has 0 spiro atoms. The Balaban J connectivity index is 2.69. The summed E-state index contributed by atoms with van der Waals surface area (Å²) in [6.45, 7) is 6.21. The highest BCUT2D eigenvalue weighted by molar-refractivity contribution is 5.66. The van der Waals surface area contributed by atoms with Crippen LogP contribution in [0.4, 0.5) is 0 Å². The molecular weight excluding hydrogens is 268 g/mol. The van der Waals surface area contributed by atoms with Gasteiger partial charge in [0.1, 0.15) is 13.2 Å². The predicted molar refractivity (Wildman–Crippen MR) is 83.6 cm³/mol. The third-order valence-electron chi connectivity index (χ3n) is 2.61. The standard InChI is InChI=1S/C17H22O4/c1-13(2)9-11-21-16-8-7-15(12-17(16)19-4)6-5-10-20-14(3)18/h5-9,12H,10-11H2,1-4H3. The van der Waals surface area contributed by atoms with Crippen LogP contribution in [0.1, 0.15) is 26.3 Å². The molecule has 1 rings (SSSR count). The first-order valence-electron chi connectivity index (χ1n) is 6.77. The fourth-order valence-electron chi connectivity index (χ4n) is 1.55. The second-order valence-corrected chi connectivity index (χ2v) is 4.71. The maximum Gasteiger partial charge on any atom is 0.302 e. The van der Waals surface area contributed by atoms with Gasteiger partial charge in [0, 0.05) is 6.92 Å². The first kappa shape index (κ1) is 16.8. The van der Waals surface area contributed by atoms with Crippen LogP contribution in [0.5, 0.6) is 11.5 Å². The Bertz CT molecular complexity index is 526. The Morgan fingerprint density at radius 1 is 1.14 bits per heavy atom. The number of rotatable bonds is 7. The number of hydrogen-bond acceptors (Lipinski definition) is 4. The number of carbonyl (C=O) groups excluding carboxylic acids is 1. The van der Waals surface area contributed by atoms with Crippen LogP contribution >= 0.6 is 0 Å². The number of benzene rings is 1. The Morgan fingerprint density at radius 3 is 2.52 bits per heavy atom. The van der Waals surface area contributed by atoms with Crippen molar-refractivity contribution in [2.45, 2.75) is 20.8 Å². The molecule has 0 aliphatic rings. The third-order valence-corrected chi connectivity index (χ3v) is 2.61. The molecular formula is C17H22O4. The van der Waals surface area contributed by atoms with Gasteiger partial charge in [-0.3, -0.25) is 4.79 Å². The van der Waals surface area contributed by atoms with Crippen molar-refractivity contribution < 1.29 is 19.0 Å². The average Bonchev–Trinajstić information content (AvgIpc) is 2.44. The third kappa shape index (κ3) is 6.65. The predicted octanol–water partition coefficient (Wildman–Crippen LogP) is 3.62. The summed E-state index contributed by atoms with van der Waals surface area (Å²) in [7, 11) is 1.61. The summed E-state index contributed by atoms with van der Waals surface area (Å²) in [5, 5.41) is 0. The van der Waals surface area contributed by atoms with Crippen LogP contribution < -0.4 is 9.47 Å². The van der Waals surface area contributed by atoms with Gasteiger partial charge in [0.25, 0.3) is 0 Å². The number of carbonyl (C=O) groups is 1. The topological polar surface area (TPSA) is 44.8 Å². The van der Waals surface area contributed by atoms with Gasteiger partial charge in [-0.05, 0) is 43.7 Å². The van der Waals surface area contributed by atoms with E-state index in [0.717, 1.165) is 5.56 Å². The minimum Gasteiger partial charge on any atom is -0.493 e. The quantitative estimate of drug-likeness (QED) is 0.568. The van der Waals surface area contributed by atoms with Gasteiger partial charge in [0.2, 0.25) is 0 Å². The molecule has 21 heavy (non-hydrogen) atoms. The van der Waals surface area contributed by atoms with E-state index in [9.17, 15) is 4.79 Å². The van der Waals surface area contributed by atoms with Gasteiger partial charge in [-0.25, -0.2) is 0 Å². The molecule has 0 fully saturated rings. The maximum absolute atomic E-state index is 10.7. The minimum atomic E-state index is -0.291. The highest BCUT2D eigenvalue weighted by atomic mass is 16.5. The smallest absolute Gasteiger partial charge is 0.302 e. The van der Waals surface area contributed by atoms with Crippen molar-refractivity contribution in [1.82, 2.24) is 0 Å². The van der Waals surface area contributed by atoms with Gasteiger partial charge in [0.05, 0.1) is 7.11 Å². The summed E-state index contributed by atoms with van der Waals surface area (Å²) in [4.78, 5) is 10.7. The van der Waals surface area contributed by atoms with Crippen molar-refractivity contribution in [3.63, 3.8) is 0 Å². The molecule has 0 radical (unpaired) electrons. The largest absolute Gasteiger partial charge is 0.493 e. The second kappa shape index (κ2) is 8.84. The Hall–Kier alpha value is -2.23. The zero-order valence-corrected chi connectivity index (χ0v) is 13.0. The van der Waals surface area contributed by atoms with Gasteiger partial charge >= 0.3 is 5.97 Å². The first-order valence-corrected chi connectivity index (χ1v) is 6.77. The summed E-state index contributed by atoms with van der Waals surface area (Å²) in [6.07, 6.45) is 5.65. The SMILES string of the molecule is COc1cc(C=CCOC(C)=O)ccc1OCC=C(C)C. The Morgan fingerprint density at radius 2 is 1.90 bits per heavy atom. The van der Waals surface area contributed by atoms with E-state index < -0.39 is 0 Å². The Labute approximate surface area is 126 Å². The lowest BCUT2D eigenvalue weighted by atomic mass is 10.2. The lowest BCUT2D eigenvalue weighted by Gasteiger charge is -2.10. The van der Waals surface area contributed by atoms with Crippen LogP contribution in [0, 0.1) is 0 Å². The molecule has 0 aliphatic carbocycles. The second-order valence-electron chi connectivity index (χ2n) is 4.71. The Kier molecular flexibility index (Phi) is 7.09. The van der Waals surface area contributed by atoms with Crippen LogP contribution in [0.2, 0.25) is 0 Å². The summed E-state index contributed by atoms with van der Waals surface area (Å²) >= 11 is 0. The van der Waals surface area contributed by atoms with Gasteiger partial charge in [0.15, 0.2) is 11.5 Å². The molecule has 0 amide bonds. The van der Waals surface area contributed by atoms with Crippen LogP contribution in [-0.4, -0.2) is 26.3 Å². The lowest BCUT2D eigenvalue weighted by Crippen LogP contribution is -1.98. The van der Waals surface area contributed by atoms with E-state index in [-0.39, 0.29) is 12.6 Å².